The van der Waals surface area contributed by atoms with E-state index < -0.39 is 12.2 Å². The van der Waals surface area contributed by atoms with Crippen LogP contribution >= 0.6 is 0 Å². The Morgan fingerprint density at radius 1 is 1.18 bits per heavy atom. The van der Waals surface area contributed by atoms with Gasteiger partial charge in [0.2, 0.25) is 0 Å². The van der Waals surface area contributed by atoms with Crippen molar-refractivity contribution >= 4 is 17.3 Å². The molecule has 0 unspecified atom stereocenters. The first-order valence-corrected chi connectivity index (χ1v) is 8.50. The molecule has 2 aromatic heterocycles. The van der Waals surface area contributed by atoms with Crippen molar-refractivity contribution in [2.24, 2.45) is 5.92 Å². The van der Waals surface area contributed by atoms with Crippen LogP contribution in [0.15, 0.2) is 18.5 Å². The molecule has 0 spiro atoms. The first-order valence-electron chi connectivity index (χ1n) is 8.50. The van der Waals surface area contributed by atoms with Gasteiger partial charge in [-0.05, 0) is 31.8 Å². The molecule has 1 aliphatic rings. The van der Waals surface area contributed by atoms with Crippen LogP contribution in [0.4, 0.5) is 30.5 Å². The maximum absolute atomic E-state index is 12.6. The summed E-state index contributed by atoms with van der Waals surface area (Å²) in [4.78, 5) is 7.82. The molecule has 0 bridgehead atoms. The lowest BCUT2D eigenvalue weighted by molar-refractivity contribution is -0.276. The fourth-order valence-electron chi connectivity index (χ4n) is 2.67. The summed E-state index contributed by atoms with van der Waals surface area (Å²) in [5.41, 5.74) is 0.199. The van der Waals surface area contributed by atoms with Crippen LogP contribution in [0.1, 0.15) is 18.5 Å². The predicted octanol–water partition coefficient (Wildman–Crippen LogP) is 2.19. The summed E-state index contributed by atoms with van der Waals surface area (Å²) in [7, 11) is 0. The molecule has 0 amide bonds. The van der Waals surface area contributed by atoms with Crippen LogP contribution < -0.4 is 20.7 Å². The summed E-state index contributed by atoms with van der Waals surface area (Å²) in [6.07, 6.45) is -0.469. The molecule has 3 rings (SSSR count). The molecule has 3 heterocycles. The van der Waals surface area contributed by atoms with Crippen LogP contribution in [0.3, 0.4) is 0 Å². The van der Waals surface area contributed by atoms with Crippen molar-refractivity contribution in [2.45, 2.75) is 19.2 Å². The number of hydrogen-bond donors (Lipinski definition) is 3. The minimum atomic E-state index is -4.88. The van der Waals surface area contributed by atoms with Crippen molar-refractivity contribution < 1.29 is 17.9 Å². The van der Waals surface area contributed by atoms with E-state index in [1.54, 1.807) is 0 Å². The van der Waals surface area contributed by atoms with Crippen molar-refractivity contribution in [3.63, 3.8) is 0 Å². The largest absolute Gasteiger partial charge is 0.574 e. The molecule has 0 atom stereocenters. The Bertz CT molecular complexity index is 831. The van der Waals surface area contributed by atoms with E-state index in [1.165, 1.54) is 18.5 Å². The van der Waals surface area contributed by atoms with Gasteiger partial charge in [0.25, 0.3) is 5.88 Å². The van der Waals surface area contributed by atoms with Gasteiger partial charge in [0.1, 0.15) is 17.6 Å². The van der Waals surface area contributed by atoms with Gasteiger partial charge in [0, 0.05) is 12.6 Å². The third-order valence-corrected chi connectivity index (χ3v) is 4.03. The van der Waals surface area contributed by atoms with Gasteiger partial charge in [-0.2, -0.15) is 5.26 Å². The minimum Gasteiger partial charge on any atom is -0.384 e. The van der Waals surface area contributed by atoms with Crippen molar-refractivity contribution in [1.82, 2.24) is 25.5 Å². The average Bonchev–Trinajstić information content (AvgIpc) is 2.68. The number of nitrogens with zero attached hydrogens (tertiary/aromatic N) is 5. The molecule has 2 aromatic rings. The van der Waals surface area contributed by atoms with Gasteiger partial charge in [-0.25, -0.2) is 9.97 Å². The molecule has 0 aromatic carbocycles. The number of anilines is 3. The lowest BCUT2D eigenvalue weighted by Crippen LogP contribution is -2.31. The lowest BCUT2D eigenvalue weighted by Gasteiger charge is -2.23. The van der Waals surface area contributed by atoms with Gasteiger partial charge < -0.3 is 20.7 Å². The van der Waals surface area contributed by atoms with Crippen molar-refractivity contribution in [3.8, 4) is 11.9 Å². The highest BCUT2D eigenvalue weighted by Crippen LogP contribution is 2.30. The molecular formula is C16H17F3N8O. The fraction of sp³-hybridized carbons (Fsp3) is 0.438. The number of ether oxygens (including phenoxy) is 1. The molecule has 3 N–H and O–H groups in total. The molecule has 12 heteroatoms. The number of rotatable bonds is 6. The Hall–Kier alpha value is -3.20. The van der Waals surface area contributed by atoms with Crippen LogP contribution in [-0.2, 0) is 0 Å². The summed E-state index contributed by atoms with van der Waals surface area (Å²) >= 11 is 0. The predicted molar refractivity (Wildman–Crippen MR) is 92.8 cm³/mol. The monoisotopic (exact) mass is 394 g/mol. The molecule has 0 saturated carbocycles. The molecule has 1 aliphatic heterocycles. The second-order valence-corrected chi connectivity index (χ2v) is 6.09. The molecule has 28 heavy (non-hydrogen) atoms. The topological polar surface area (TPSA) is 121 Å². The maximum atomic E-state index is 12.6. The second kappa shape index (κ2) is 8.66. The van der Waals surface area contributed by atoms with E-state index in [9.17, 15) is 13.2 Å². The van der Waals surface area contributed by atoms with Crippen molar-refractivity contribution in [1.29, 1.82) is 5.26 Å². The smallest absolute Gasteiger partial charge is 0.384 e. The zero-order valence-electron chi connectivity index (χ0n) is 14.6. The zero-order valence-corrected chi connectivity index (χ0v) is 14.6. The van der Waals surface area contributed by atoms with Crippen LogP contribution in [-0.4, -0.2) is 46.2 Å². The Kier molecular flexibility index (Phi) is 6.05. The highest BCUT2D eigenvalue weighted by molar-refractivity contribution is 5.61. The first kappa shape index (κ1) is 19.6. The van der Waals surface area contributed by atoms with Gasteiger partial charge in [0.15, 0.2) is 11.5 Å². The molecule has 1 fully saturated rings. The molecule has 0 radical (unpaired) electrons. The molecule has 148 valence electrons. The Morgan fingerprint density at radius 2 is 1.96 bits per heavy atom. The Morgan fingerprint density at radius 3 is 2.61 bits per heavy atom. The highest BCUT2D eigenvalue weighted by atomic mass is 19.4. The van der Waals surface area contributed by atoms with Crippen LogP contribution in [0.2, 0.25) is 0 Å². The van der Waals surface area contributed by atoms with Gasteiger partial charge in [0.05, 0.1) is 12.4 Å². The highest BCUT2D eigenvalue weighted by Gasteiger charge is 2.33. The Labute approximate surface area is 158 Å². The lowest BCUT2D eigenvalue weighted by atomic mass is 9.98. The quantitative estimate of drug-likeness (QED) is 0.677. The summed E-state index contributed by atoms with van der Waals surface area (Å²) in [6.45, 7) is 2.23. The number of nitrogens with one attached hydrogen (secondary N) is 3. The third kappa shape index (κ3) is 5.65. The maximum Gasteiger partial charge on any atom is 0.574 e. The van der Waals surface area contributed by atoms with Gasteiger partial charge in [-0.15, -0.1) is 23.4 Å². The number of alkyl halides is 3. The van der Waals surface area contributed by atoms with E-state index in [2.05, 4.69) is 40.9 Å². The summed E-state index contributed by atoms with van der Waals surface area (Å²) in [5.74, 6) is 0.0929. The Balaban J connectivity index is 1.76. The van der Waals surface area contributed by atoms with E-state index in [1.807, 2.05) is 6.07 Å². The first-order chi connectivity index (χ1) is 13.4. The number of hydrogen-bond acceptors (Lipinski definition) is 9. The number of halogens is 3. The number of aromatic nitrogens is 4. The van der Waals surface area contributed by atoms with Gasteiger partial charge in [-0.3, -0.25) is 0 Å². The molecule has 9 nitrogen and oxygen atoms in total. The molecular weight excluding hydrogens is 377 g/mol. The standard InChI is InChI=1S/C16H17F3N8O/c17-16(18,19)28-15-12(23-7-10-1-3-21-4-2-10)5-13(26-27-15)25-14-9-22-11(6-20)8-24-14/h5,8-10,21H,1-4,7H2,(H2,23,24,25,26). The normalized spacial score (nSPS) is 14.9. The number of piperidine rings is 1. The molecule has 1 saturated heterocycles. The van der Waals surface area contributed by atoms with Gasteiger partial charge in [-0.1, -0.05) is 0 Å². The average molecular weight is 394 g/mol. The summed E-state index contributed by atoms with van der Waals surface area (Å²) < 4.78 is 41.9. The van der Waals surface area contributed by atoms with Crippen LogP contribution in [0.5, 0.6) is 5.88 Å². The van der Waals surface area contributed by atoms with Crippen LogP contribution in [0.25, 0.3) is 0 Å². The molecule has 0 aliphatic carbocycles. The van der Waals surface area contributed by atoms with E-state index in [0.29, 0.717) is 12.5 Å². The summed E-state index contributed by atoms with van der Waals surface area (Å²) in [6, 6.07) is 3.19. The zero-order chi connectivity index (χ0) is 20.0. The van der Waals surface area contributed by atoms with Crippen LogP contribution in [0, 0.1) is 17.2 Å². The second-order valence-electron chi connectivity index (χ2n) is 6.09. The third-order valence-electron chi connectivity index (χ3n) is 4.03. The van der Waals surface area contributed by atoms with E-state index in [0.717, 1.165) is 25.9 Å². The van der Waals surface area contributed by atoms with Crippen molar-refractivity contribution in [3.05, 3.63) is 24.2 Å². The van der Waals surface area contributed by atoms with E-state index >= 15 is 0 Å². The van der Waals surface area contributed by atoms with Crippen molar-refractivity contribution in [2.75, 3.05) is 30.3 Å². The minimum absolute atomic E-state index is 0.0648. The summed E-state index contributed by atoms with van der Waals surface area (Å²) in [5, 5.41) is 24.9. The SMILES string of the molecule is N#Cc1cnc(Nc2cc(NCC3CCNCC3)c(OC(F)(F)F)nn2)cn1. The van der Waals surface area contributed by atoms with Gasteiger partial charge >= 0.3 is 6.36 Å². The van der Waals surface area contributed by atoms with E-state index in [-0.39, 0.29) is 23.0 Å². The van der Waals surface area contributed by atoms with E-state index in [4.69, 9.17) is 5.26 Å². The fourth-order valence-corrected chi connectivity index (χ4v) is 2.67. The number of nitriles is 1.